The number of hydroxylamine groups is 2. The fourth-order valence-electron chi connectivity index (χ4n) is 2.94. The van der Waals surface area contributed by atoms with Gasteiger partial charge in [-0.25, -0.2) is 0 Å². The Morgan fingerprint density at radius 1 is 0.857 bits per heavy atom. The lowest BCUT2D eigenvalue weighted by molar-refractivity contribution is -0.277. The molecule has 1 unspecified atom stereocenters. The average Bonchev–Trinajstić information content (AvgIpc) is 2.36. The molecule has 1 rings (SSSR count). The van der Waals surface area contributed by atoms with E-state index in [4.69, 9.17) is 4.84 Å². The SMILES string of the molecule is CC(ON(C(C(C)C)C(C)C)C(C)(C)C)c1ccccc1. The van der Waals surface area contributed by atoms with Crippen molar-refractivity contribution in [3.05, 3.63) is 35.9 Å². The minimum absolute atomic E-state index is 0.0255. The molecular weight excluding hydrogens is 258 g/mol. The van der Waals surface area contributed by atoms with Gasteiger partial charge < -0.3 is 0 Å². The molecule has 0 saturated heterocycles. The molecule has 0 fully saturated rings. The molecule has 120 valence electrons. The second-order valence-corrected chi connectivity index (χ2v) is 7.63. The maximum Gasteiger partial charge on any atom is 0.101 e. The monoisotopic (exact) mass is 291 g/mol. The summed E-state index contributed by atoms with van der Waals surface area (Å²) in [6.07, 6.45) is 0.0606. The van der Waals surface area contributed by atoms with Gasteiger partial charge in [0.05, 0.1) is 0 Å². The van der Waals surface area contributed by atoms with Crippen LogP contribution in [0.15, 0.2) is 30.3 Å². The van der Waals surface area contributed by atoms with E-state index in [2.05, 4.69) is 84.7 Å². The van der Waals surface area contributed by atoms with Gasteiger partial charge in [0.25, 0.3) is 0 Å². The molecular formula is C19H33NO. The quantitative estimate of drug-likeness (QED) is 0.645. The van der Waals surface area contributed by atoms with E-state index in [1.54, 1.807) is 0 Å². The highest BCUT2D eigenvalue weighted by atomic mass is 16.7. The number of benzene rings is 1. The molecule has 0 aliphatic carbocycles. The lowest BCUT2D eigenvalue weighted by Gasteiger charge is -2.45. The van der Waals surface area contributed by atoms with Crippen LogP contribution in [0.5, 0.6) is 0 Å². The fraction of sp³-hybridized carbons (Fsp3) is 0.684. The first kappa shape index (κ1) is 18.2. The van der Waals surface area contributed by atoms with Crippen molar-refractivity contribution in [1.29, 1.82) is 0 Å². The van der Waals surface area contributed by atoms with Gasteiger partial charge in [0.1, 0.15) is 6.10 Å². The lowest BCUT2D eigenvalue weighted by Crippen LogP contribution is -2.52. The molecule has 2 heteroatoms. The second kappa shape index (κ2) is 7.42. The summed E-state index contributed by atoms with van der Waals surface area (Å²) in [6.45, 7) is 17.9. The molecule has 0 bridgehead atoms. The molecule has 0 N–H and O–H groups in total. The third kappa shape index (κ3) is 5.12. The van der Waals surface area contributed by atoms with Gasteiger partial charge in [-0.05, 0) is 45.1 Å². The molecule has 0 aliphatic heterocycles. The van der Waals surface area contributed by atoms with Crippen molar-refractivity contribution in [2.45, 2.75) is 73.1 Å². The Kier molecular flexibility index (Phi) is 6.42. The van der Waals surface area contributed by atoms with Crippen LogP contribution < -0.4 is 0 Å². The van der Waals surface area contributed by atoms with E-state index in [0.29, 0.717) is 17.9 Å². The summed E-state index contributed by atoms with van der Waals surface area (Å²) in [5.41, 5.74) is 1.19. The van der Waals surface area contributed by atoms with Gasteiger partial charge in [-0.3, -0.25) is 4.84 Å². The molecule has 0 amide bonds. The summed E-state index contributed by atoms with van der Waals surface area (Å²) < 4.78 is 0. The predicted octanol–water partition coefficient (Wildman–Crippen LogP) is 5.46. The summed E-state index contributed by atoms with van der Waals surface area (Å²) >= 11 is 0. The van der Waals surface area contributed by atoms with Crippen LogP contribution in [0.4, 0.5) is 0 Å². The molecule has 0 aliphatic rings. The van der Waals surface area contributed by atoms with Gasteiger partial charge in [0.2, 0.25) is 0 Å². The molecule has 0 heterocycles. The van der Waals surface area contributed by atoms with Crippen molar-refractivity contribution in [2.24, 2.45) is 11.8 Å². The van der Waals surface area contributed by atoms with Crippen molar-refractivity contribution in [1.82, 2.24) is 5.06 Å². The van der Waals surface area contributed by atoms with Crippen LogP contribution in [-0.4, -0.2) is 16.6 Å². The minimum Gasteiger partial charge on any atom is -0.290 e. The first-order chi connectivity index (χ1) is 9.64. The molecule has 0 spiro atoms. The van der Waals surface area contributed by atoms with Crippen molar-refractivity contribution in [2.75, 3.05) is 0 Å². The van der Waals surface area contributed by atoms with Crippen LogP contribution in [0.25, 0.3) is 0 Å². The van der Waals surface area contributed by atoms with Gasteiger partial charge in [-0.1, -0.05) is 58.0 Å². The molecule has 0 aromatic heterocycles. The van der Waals surface area contributed by atoms with Gasteiger partial charge >= 0.3 is 0 Å². The summed E-state index contributed by atoms with van der Waals surface area (Å²) in [5, 5.41) is 2.22. The van der Waals surface area contributed by atoms with E-state index in [-0.39, 0.29) is 11.6 Å². The molecule has 21 heavy (non-hydrogen) atoms. The Morgan fingerprint density at radius 3 is 1.71 bits per heavy atom. The largest absolute Gasteiger partial charge is 0.290 e. The summed E-state index contributed by atoms with van der Waals surface area (Å²) in [4.78, 5) is 6.42. The van der Waals surface area contributed by atoms with E-state index in [1.807, 2.05) is 6.07 Å². The smallest absolute Gasteiger partial charge is 0.101 e. The summed E-state index contributed by atoms with van der Waals surface area (Å²) in [6, 6.07) is 10.8. The first-order valence-electron chi connectivity index (χ1n) is 8.15. The zero-order chi connectivity index (χ0) is 16.2. The Balaban J connectivity index is 2.99. The Labute approximate surface area is 131 Å². The van der Waals surface area contributed by atoms with E-state index in [9.17, 15) is 0 Å². The van der Waals surface area contributed by atoms with Crippen LogP contribution in [-0.2, 0) is 4.84 Å². The Bertz CT molecular complexity index is 397. The average molecular weight is 291 g/mol. The van der Waals surface area contributed by atoms with Gasteiger partial charge in [-0.15, -0.1) is 0 Å². The maximum atomic E-state index is 6.42. The van der Waals surface area contributed by atoms with E-state index in [0.717, 1.165) is 0 Å². The second-order valence-electron chi connectivity index (χ2n) is 7.63. The van der Waals surface area contributed by atoms with Crippen molar-refractivity contribution in [3.63, 3.8) is 0 Å². The normalized spacial score (nSPS) is 14.5. The number of nitrogens with zero attached hydrogens (tertiary/aromatic N) is 1. The third-order valence-corrected chi connectivity index (χ3v) is 3.84. The number of hydrogen-bond donors (Lipinski definition) is 0. The predicted molar refractivity (Wildman–Crippen MR) is 91.0 cm³/mol. The van der Waals surface area contributed by atoms with E-state index >= 15 is 0 Å². The van der Waals surface area contributed by atoms with Gasteiger partial charge in [0.15, 0.2) is 0 Å². The van der Waals surface area contributed by atoms with Crippen LogP contribution in [0.3, 0.4) is 0 Å². The summed E-state index contributed by atoms with van der Waals surface area (Å²) in [5.74, 6) is 1.10. The zero-order valence-corrected chi connectivity index (χ0v) is 15.1. The fourth-order valence-corrected chi connectivity index (χ4v) is 2.94. The van der Waals surface area contributed by atoms with Crippen LogP contribution in [0, 0.1) is 11.8 Å². The number of hydrogen-bond acceptors (Lipinski definition) is 2. The molecule has 0 radical (unpaired) electrons. The zero-order valence-electron chi connectivity index (χ0n) is 15.1. The maximum absolute atomic E-state index is 6.42. The van der Waals surface area contributed by atoms with E-state index < -0.39 is 0 Å². The van der Waals surface area contributed by atoms with Crippen LogP contribution in [0.2, 0.25) is 0 Å². The van der Waals surface area contributed by atoms with Crippen LogP contribution >= 0.6 is 0 Å². The lowest BCUT2D eigenvalue weighted by atomic mass is 9.90. The standard InChI is InChI=1S/C19H33NO/c1-14(2)18(15(3)4)20(19(6,7)8)21-16(5)17-12-10-9-11-13-17/h9-16,18H,1-8H3. The molecule has 0 saturated carbocycles. The molecule has 1 atom stereocenters. The van der Waals surface area contributed by atoms with Crippen molar-refractivity contribution in [3.8, 4) is 0 Å². The first-order valence-corrected chi connectivity index (χ1v) is 8.15. The minimum atomic E-state index is -0.0255. The Morgan fingerprint density at radius 2 is 1.33 bits per heavy atom. The summed E-state index contributed by atoms with van der Waals surface area (Å²) in [7, 11) is 0. The Hall–Kier alpha value is -0.860. The van der Waals surface area contributed by atoms with Gasteiger partial charge in [0, 0.05) is 11.6 Å². The topological polar surface area (TPSA) is 12.5 Å². The molecule has 1 aromatic rings. The molecule has 2 nitrogen and oxygen atoms in total. The third-order valence-electron chi connectivity index (χ3n) is 3.84. The highest BCUT2D eigenvalue weighted by Gasteiger charge is 2.35. The van der Waals surface area contributed by atoms with Gasteiger partial charge in [-0.2, -0.15) is 5.06 Å². The highest BCUT2D eigenvalue weighted by molar-refractivity contribution is 5.16. The van der Waals surface area contributed by atoms with E-state index in [1.165, 1.54) is 5.56 Å². The van der Waals surface area contributed by atoms with Crippen molar-refractivity contribution < 1.29 is 4.84 Å². The molecule has 1 aromatic carbocycles. The highest BCUT2D eigenvalue weighted by Crippen LogP contribution is 2.31. The van der Waals surface area contributed by atoms with Crippen molar-refractivity contribution >= 4 is 0 Å². The van der Waals surface area contributed by atoms with Crippen LogP contribution in [0.1, 0.15) is 67.1 Å². The number of rotatable bonds is 6.